The molecule has 4 rings (SSSR count). The summed E-state index contributed by atoms with van der Waals surface area (Å²) in [6.45, 7) is 1.94. The second kappa shape index (κ2) is 9.15. The van der Waals surface area contributed by atoms with E-state index in [1.54, 1.807) is 31.4 Å². The molecule has 164 valence electrons. The average molecular weight is 451 g/mol. The first-order chi connectivity index (χ1) is 15.5. The second-order valence-corrected chi connectivity index (χ2v) is 7.79. The van der Waals surface area contributed by atoms with Crippen molar-refractivity contribution >= 4 is 29.2 Å². The number of anilines is 2. The molecule has 0 unspecified atom stereocenters. The maximum Gasteiger partial charge on any atom is 0.264 e. The van der Waals surface area contributed by atoms with E-state index in [-0.39, 0.29) is 24.2 Å². The molecule has 1 amide bonds. The number of nitrogens with two attached hydrogens (primary N) is 1. The number of carbonyl (C=O) groups is 1. The molecule has 2 heterocycles. The number of methoxy groups -OCH3 is 1. The zero-order valence-electron chi connectivity index (χ0n) is 17.8. The lowest BCUT2D eigenvalue weighted by Gasteiger charge is -2.07. The van der Waals surface area contributed by atoms with Crippen molar-refractivity contribution in [3.8, 4) is 28.6 Å². The lowest BCUT2D eigenvalue weighted by atomic mass is 10.1. The third-order valence-corrected chi connectivity index (χ3v) is 5.44. The Morgan fingerprint density at radius 1 is 1.19 bits per heavy atom. The molecular weight excluding hydrogens is 428 g/mol. The fourth-order valence-electron chi connectivity index (χ4n) is 3.07. The molecule has 10 heteroatoms. The largest absolute Gasteiger partial charge is 0.497 e. The lowest BCUT2D eigenvalue weighted by molar-refractivity contribution is -0.116. The van der Waals surface area contributed by atoms with Crippen molar-refractivity contribution in [3.63, 3.8) is 0 Å². The number of benzene rings is 2. The van der Waals surface area contributed by atoms with Gasteiger partial charge in [-0.05, 0) is 37.4 Å². The number of aromatic nitrogens is 4. The zero-order chi connectivity index (χ0) is 22.7. The van der Waals surface area contributed by atoms with E-state index in [1.807, 2.05) is 37.4 Å². The highest BCUT2D eigenvalue weighted by Crippen LogP contribution is 2.34. The first-order valence-electron chi connectivity index (χ1n) is 9.73. The predicted octanol–water partition coefficient (Wildman–Crippen LogP) is 3.86. The third-order valence-electron chi connectivity index (χ3n) is 4.77. The Hall–Kier alpha value is -3.79. The summed E-state index contributed by atoms with van der Waals surface area (Å²) in [6.07, 6.45) is 1.87. The number of carbonyl (C=O) groups excluding carboxylic acids is 1. The van der Waals surface area contributed by atoms with E-state index >= 15 is 0 Å². The van der Waals surface area contributed by atoms with Gasteiger partial charge in [0.15, 0.2) is 0 Å². The molecule has 4 aromatic rings. The highest BCUT2D eigenvalue weighted by atomic mass is 32.2. The fourth-order valence-corrected chi connectivity index (χ4v) is 3.65. The summed E-state index contributed by atoms with van der Waals surface area (Å²) in [5, 5.41) is 11.9. The van der Waals surface area contributed by atoms with E-state index in [0.29, 0.717) is 27.9 Å². The van der Waals surface area contributed by atoms with Crippen LogP contribution in [-0.4, -0.2) is 39.2 Å². The summed E-state index contributed by atoms with van der Waals surface area (Å²) in [6, 6.07) is 14.9. The first kappa shape index (κ1) is 21.4. The topological polar surface area (TPSA) is 121 Å². The molecule has 2 aromatic carbocycles. The van der Waals surface area contributed by atoms with Gasteiger partial charge in [0.25, 0.3) is 5.89 Å². The Balaban J connectivity index is 1.55. The second-order valence-electron chi connectivity index (χ2n) is 6.99. The van der Waals surface area contributed by atoms with Crippen LogP contribution in [0, 0.1) is 6.92 Å². The number of rotatable bonds is 7. The zero-order valence-corrected chi connectivity index (χ0v) is 18.6. The van der Waals surface area contributed by atoms with Crippen LogP contribution < -0.4 is 15.8 Å². The number of hydrogen-bond donors (Lipinski definition) is 2. The Morgan fingerprint density at radius 2 is 1.91 bits per heavy atom. The standard InChI is InChI=1S/C22H22N6O3S/c1-13-4-6-14(7-5-13)20-25-21(31-27-20)18-19(23)28(26-22(18)32-3)12-17(29)24-15-8-10-16(30-2)11-9-15/h4-11H,12,23H2,1-3H3,(H,24,29). The van der Waals surface area contributed by atoms with Crippen LogP contribution in [0.15, 0.2) is 58.1 Å². The minimum absolute atomic E-state index is 0.0651. The van der Waals surface area contributed by atoms with Crippen molar-refractivity contribution in [3.05, 3.63) is 54.1 Å². The Morgan fingerprint density at radius 3 is 2.56 bits per heavy atom. The number of ether oxygens (including phenoxy) is 1. The Labute approximate surface area is 189 Å². The van der Waals surface area contributed by atoms with Crippen LogP contribution in [0.5, 0.6) is 5.75 Å². The summed E-state index contributed by atoms with van der Waals surface area (Å²) >= 11 is 1.38. The molecule has 0 aliphatic carbocycles. The molecule has 0 radical (unpaired) electrons. The van der Waals surface area contributed by atoms with Gasteiger partial charge < -0.3 is 20.3 Å². The Bertz CT molecular complexity index is 1230. The van der Waals surface area contributed by atoms with E-state index in [4.69, 9.17) is 15.0 Å². The molecule has 3 N–H and O–H groups in total. The van der Waals surface area contributed by atoms with Crippen molar-refractivity contribution in [2.75, 3.05) is 24.4 Å². The number of amides is 1. The summed E-state index contributed by atoms with van der Waals surface area (Å²) in [7, 11) is 1.59. The van der Waals surface area contributed by atoms with Gasteiger partial charge in [-0.15, -0.1) is 11.8 Å². The maximum atomic E-state index is 12.5. The predicted molar refractivity (Wildman–Crippen MR) is 124 cm³/mol. The molecule has 0 aliphatic rings. The van der Waals surface area contributed by atoms with E-state index in [9.17, 15) is 4.79 Å². The van der Waals surface area contributed by atoms with Gasteiger partial charge in [0, 0.05) is 11.3 Å². The number of nitrogen functional groups attached to an aromatic ring is 1. The number of nitrogens with one attached hydrogen (secondary N) is 1. The summed E-state index contributed by atoms with van der Waals surface area (Å²) in [4.78, 5) is 17.0. The molecular formula is C22H22N6O3S. The molecule has 2 aromatic heterocycles. The van der Waals surface area contributed by atoms with Gasteiger partial charge in [0.1, 0.15) is 28.7 Å². The molecule has 0 bridgehead atoms. The van der Waals surface area contributed by atoms with Crippen molar-refractivity contribution in [2.24, 2.45) is 0 Å². The van der Waals surface area contributed by atoms with Crippen LogP contribution in [0.2, 0.25) is 0 Å². The third kappa shape index (κ3) is 4.45. The van der Waals surface area contributed by atoms with Crippen LogP contribution in [0.4, 0.5) is 11.5 Å². The summed E-state index contributed by atoms with van der Waals surface area (Å²) < 4.78 is 12.0. The van der Waals surface area contributed by atoms with Gasteiger partial charge in [0.2, 0.25) is 11.7 Å². The molecule has 0 atom stereocenters. The van der Waals surface area contributed by atoms with Gasteiger partial charge in [-0.1, -0.05) is 35.0 Å². The van der Waals surface area contributed by atoms with Gasteiger partial charge in [-0.25, -0.2) is 4.68 Å². The van der Waals surface area contributed by atoms with E-state index in [2.05, 4.69) is 20.6 Å². The highest BCUT2D eigenvalue weighted by molar-refractivity contribution is 7.98. The molecule has 0 aliphatic heterocycles. The normalized spacial score (nSPS) is 10.8. The van der Waals surface area contributed by atoms with Crippen LogP contribution in [0.3, 0.4) is 0 Å². The molecule has 32 heavy (non-hydrogen) atoms. The molecule has 9 nitrogen and oxygen atoms in total. The SMILES string of the molecule is COc1ccc(NC(=O)Cn2nc(SC)c(-c3nc(-c4ccc(C)cc4)no3)c2N)cc1. The van der Waals surface area contributed by atoms with Gasteiger partial charge in [-0.2, -0.15) is 10.1 Å². The monoisotopic (exact) mass is 450 g/mol. The maximum absolute atomic E-state index is 12.5. The van der Waals surface area contributed by atoms with Crippen LogP contribution in [-0.2, 0) is 11.3 Å². The first-order valence-corrected chi connectivity index (χ1v) is 11.0. The van der Waals surface area contributed by atoms with E-state index < -0.39 is 0 Å². The minimum atomic E-state index is -0.269. The summed E-state index contributed by atoms with van der Waals surface area (Å²) in [5.41, 5.74) is 9.46. The van der Waals surface area contributed by atoms with Gasteiger partial charge in [0.05, 0.1) is 7.11 Å². The molecule has 0 spiro atoms. The number of hydrogen-bond acceptors (Lipinski definition) is 8. The van der Waals surface area contributed by atoms with Crippen LogP contribution in [0.25, 0.3) is 22.8 Å². The van der Waals surface area contributed by atoms with Crippen molar-refractivity contribution < 1.29 is 14.1 Å². The molecule has 0 fully saturated rings. The van der Waals surface area contributed by atoms with Gasteiger partial charge >= 0.3 is 0 Å². The van der Waals surface area contributed by atoms with E-state index in [1.165, 1.54) is 16.4 Å². The Kier molecular flexibility index (Phi) is 6.13. The average Bonchev–Trinajstić information content (AvgIpc) is 3.39. The number of nitrogens with zero attached hydrogens (tertiary/aromatic N) is 4. The lowest BCUT2D eigenvalue weighted by Crippen LogP contribution is -2.20. The molecule has 0 saturated carbocycles. The molecule has 0 saturated heterocycles. The van der Waals surface area contributed by atoms with Crippen molar-refractivity contribution in [1.29, 1.82) is 0 Å². The number of thioether (sulfide) groups is 1. The quantitative estimate of drug-likeness (QED) is 0.407. The van der Waals surface area contributed by atoms with Crippen molar-refractivity contribution in [1.82, 2.24) is 19.9 Å². The van der Waals surface area contributed by atoms with E-state index in [0.717, 1.165) is 11.1 Å². The van der Waals surface area contributed by atoms with Gasteiger partial charge in [-0.3, -0.25) is 4.79 Å². The highest BCUT2D eigenvalue weighted by Gasteiger charge is 2.23. The summed E-state index contributed by atoms with van der Waals surface area (Å²) in [5.74, 6) is 1.42. The minimum Gasteiger partial charge on any atom is -0.497 e. The van der Waals surface area contributed by atoms with Crippen LogP contribution in [0.1, 0.15) is 5.56 Å². The smallest absolute Gasteiger partial charge is 0.264 e. The van der Waals surface area contributed by atoms with Crippen LogP contribution >= 0.6 is 11.8 Å². The van der Waals surface area contributed by atoms with Crippen molar-refractivity contribution in [2.45, 2.75) is 18.5 Å². The fraction of sp³-hybridized carbons (Fsp3) is 0.182. The number of aryl methyl sites for hydroxylation is 1.